The van der Waals surface area contributed by atoms with E-state index in [1.807, 2.05) is 30.5 Å². The molecule has 5 aromatic rings. The average molecular weight is 444 g/mol. The normalized spacial score (nSPS) is 13.7. The molecule has 0 saturated heterocycles. The Balaban J connectivity index is 0.00000216. The Morgan fingerprint density at radius 3 is 2.69 bits per heavy atom. The van der Waals surface area contributed by atoms with Crippen molar-refractivity contribution in [1.82, 2.24) is 30.5 Å². The van der Waals surface area contributed by atoms with E-state index in [9.17, 15) is 0 Å². The van der Waals surface area contributed by atoms with Crippen LogP contribution in [0.25, 0.3) is 27.5 Å². The molecule has 1 aliphatic heterocycles. The molecule has 7 nitrogen and oxygen atoms in total. The van der Waals surface area contributed by atoms with Crippen LogP contribution in [0.2, 0.25) is 0 Å². The summed E-state index contributed by atoms with van der Waals surface area (Å²) >= 11 is 0. The number of aromatic nitrogens is 5. The first-order chi connectivity index (χ1) is 15.4. The maximum absolute atomic E-state index is 4.73. The first-order valence-electron chi connectivity index (χ1n) is 10.4. The number of nitrogens with one attached hydrogen (secondary N) is 3. The Morgan fingerprint density at radius 1 is 0.938 bits per heavy atom. The first kappa shape index (κ1) is 20.2. The molecular weight excluding hydrogens is 422 g/mol. The molecule has 0 spiro atoms. The third kappa shape index (κ3) is 3.51. The van der Waals surface area contributed by atoms with E-state index in [2.05, 4.69) is 66.8 Å². The fraction of sp³-hybridized carbons (Fsp3) is 0.125. The van der Waals surface area contributed by atoms with Gasteiger partial charge in [-0.05, 0) is 54.9 Å². The Morgan fingerprint density at radius 2 is 1.84 bits per heavy atom. The number of hydrogen-bond acceptors (Lipinski definition) is 5. The lowest BCUT2D eigenvalue weighted by Gasteiger charge is -2.24. The molecule has 0 unspecified atom stereocenters. The largest absolute Gasteiger partial charge is 0.339 e. The smallest absolute Gasteiger partial charge is 0.150 e. The molecule has 0 radical (unpaired) electrons. The SMILES string of the molecule is C1=C(c2cc3c(N(c4ccccc4)c4ccc5[nH]ncc5c4)ncnc3[nH]2)CCNC1.Cl. The van der Waals surface area contributed by atoms with Crippen molar-refractivity contribution in [2.75, 3.05) is 18.0 Å². The van der Waals surface area contributed by atoms with Crippen LogP contribution in [0.15, 0.2) is 73.2 Å². The molecule has 0 bridgehead atoms. The van der Waals surface area contributed by atoms with Crippen molar-refractivity contribution < 1.29 is 0 Å². The third-order valence-corrected chi connectivity index (χ3v) is 5.72. The van der Waals surface area contributed by atoms with E-state index in [0.29, 0.717) is 0 Å². The second-order valence-electron chi connectivity index (χ2n) is 7.64. The molecule has 6 rings (SSSR count). The summed E-state index contributed by atoms with van der Waals surface area (Å²) in [5.41, 5.74) is 6.32. The van der Waals surface area contributed by atoms with Crippen LogP contribution in [0.4, 0.5) is 17.2 Å². The van der Waals surface area contributed by atoms with E-state index >= 15 is 0 Å². The molecule has 0 saturated carbocycles. The van der Waals surface area contributed by atoms with Crippen LogP contribution in [-0.4, -0.2) is 38.2 Å². The molecule has 0 amide bonds. The Bertz CT molecular complexity index is 1400. The van der Waals surface area contributed by atoms with E-state index in [4.69, 9.17) is 4.98 Å². The molecular formula is C24H22ClN7. The Kier molecular flexibility index (Phi) is 5.34. The highest BCUT2D eigenvalue weighted by atomic mass is 35.5. The molecule has 32 heavy (non-hydrogen) atoms. The van der Waals surface area contributed by atoms with Crippen molar-refractivity contribution in [2.45, 2.75) is 6.42 Å². The van der Waals surface area contributed by atoms with Gasteiger partial charge in [0.1, 0.15) is 12.0 Å². The summed E-state index contributed by atoms with van der Waals surface area (Å²) in [7, 11) is 0. The summed E-state index contributed by atoms with van der Waals surface area (Å²) in [6.07, 6.45) is 6.70. The van der Waals surface area contributed by atoms with Crippen molar-refractivity contribution >= 4 is 57.1 Å². The topological polar surface area (TPSA) is 85.5 Å². The molecule has 0 aliphatic carbocycles. The summed E-state index contributed by atoms with van der Waals surface area (Å²) < 4.78 is 0. The number of anilines is 3. The van der Waals surface area contributed by atoms with Crippen molar-refractivity contribution in [2.24, 2.45) is 0 Å². The zero-order chi connectivity index (χ0) is 20.6. The zero-order valence-corrected chi connectivity index (χ0v) is 18.1. The van der Waals surface area contributed by atoms with E-state index in [1.54, 1.807) is 6.33 Å². The van der Waals surface area contributed by atoms with Crippen LogP contribution in [0, 0.1) is 0 Å². The second kappa shape index (κ2) is 8.45. The summed E-state index contributed by atoms with van der Waals surface area (Å²) in [6.45, 7) is 1.88. The number of hydrogen-bond donors (Lipinski definition) is 3. The number of para-hydroxylation sites is 1. The van der Waals surface area contributed by atoms with Gasteiger partial charge < -0.3 is 10.3 Å². The van der Waals surface area contributed by atoms with Gasteiger partial charge in [0.05, 0.1) is 17.1 Å². The van der Waals surface area contributed by atoms with Gasteiger partial charge in [-0.3, -0.25) is 10.00 Å². The minimum absolute atomic E-state index is 0. The van der Waals surface area contributed by atoms with Crippen LogP contribution in [0.1, 0.15) is 12.1 Å². The standard InChI is InChI=1S/C24H21N7.ClH/c1-2-4-18(5-3-1)31(19-6-7-21-17(12-19)14-28-30-21)24-20-13-22(16-8-10-25-11-9-16)29-23(20)26-15-27-24;/h1-8,12-15,25H,9-11H2,(H,28,30)(H,26,27,29);1H. The molecule has 160 valence electrons. The highest BCUT2D eigenvalue weighted by Crippen LogP contribution is 2.38. The fourth-order valence-electron chi connectivity index (χ4n) is 4.19. The van der Waals surface area contributed by atoms with Gasteiger partial charge in [-0.2, -0.15) is 5.10 Å². The van der Waals surface area contributed by atoms with Crippen molar-refractivity contribution in [3.8, 4) is 0 Å². The minimum atomic E-state index is 0. The zero-order valence-electron chi connectivity index (χ0n) is 17.2. The third-order valence-electron chi connectivity index (χ3n) is 5.72. The van der Waals surface area contributed by atoms with Crippen LogP contribution in [0.3, 0.4) is 0 Å². The average Bonchev–Trinajstić information content (AvgIpc) is 3.48. The van der Waals surface area contributed by atoms with E-state index in [0.717, 1.165) is 64.3 Å². The minimum Gasteiger partial charge on any atom is -0.339 e. The number of benzene rings is 2. The molecule has 0 atom stereocenters. The van der Waals surface area contributed by atoms with Crippen LogP contribution < -0.4 is 10.2 Å². The van der Waals surface area contributed by atoms with Crippen LogP contribution in [0.5, 0.6) is 0 Å². The highest BCUT2D eigenvalue weighted by molar-refractivity contribution is 5.97. The molecule has 4 heterocycles. The van der Waals surface area contributed by atoms with Gasteiger partial charge in [0.25, 0.3) is 0 Å². The van der Waals surface area contributed by atoms with Gasteiger partial charge >= 0.3 is 0 Å². The molecule has 1 aliphatic rings. The number of nitrogens with zero attached hydrogens (tertiary/aromatic N) is 4. The lowest BCUT2D eigenvalue weighted by Crippen LogP contribution is -2.20. The maximum Gasteiger partial charge on any atom is 0.150 e. The van der Waals surface area contributed by atoms with E-state index in [-0.39, 0.29) is 12.4 Å². The van der Waals surface area contributed by atoms with Crippen LogP contribution >= 0.6 is 12.4 Å². The monoisotopic (exact) mass is 443 g/mol. The number of halogens is 1. The predicted octanol–water partition coefficient (Wildman–Crippen LogP) is 5.10. The number of rotatable bonds is 4. The molecule has 8 heteroatoms. The summed E-state index contributed by atoms with van der Waals surface area (Å²) in [6, 6.07) is 18.7. The molecule has 0 fully saturated rings. The maximum atomic E-state index is 4.73. The Labute approximate surface area is 191 Å². The van der Waals surface area contributed by atoms with Gasteiger partial charge in [-0.25, -0.2) is 9.97 Å². The fourth-order valence-corrected chi connectivity index (χ4v) is 4.19. The second-order valence-corrected chi connectivity index (χ2v) is 7.64. The Hall–Kier alpha value is -3.68. The first-order valence-corrected chi connectivity index (χ1v) is 10.4. The van der Waals surface area contributed by atoms with Crippen molar-refractivity contribution in [3.05, 3.63) is 78.9 Å². The number of aromatic amines is 2. The highest BCUT2D eigenvalue weighted by Gasteiger charge is 2.20. The molecule has 3 aromatic heterocycles. The lowest BCUT2D eigenvalue weighted by molar-refractivity contribution is 0.737. The molecule has 3 N–H and O–H groups in total. The summed E-state index contributed by atoms with van der Waals surface area (Å²) in [5.74, 6) is 0.844. The van der Waals surface area contributed by atoms with Crippen LogP contribution in [-0.2, 0) is 0 Å². The quantitative estimate of drug-likeness (QED) is 0.359. The van der Waals surface area contributed by atoms with Crippen molar-refractivity contribution in [3.63, 3.8) is 0 Å². The lowest BCUT2D eigenvalue weighted by atomic mass is 10.1. The summed E-state index contributed by atoms with van der Waals surface area (Å²) in [5, 5.41) is 12.6. The number of H-pyrrole nitrogens is 2. The van der Waals surface area contributed by atoms with Crippen molar-refractivity contribution in [1.29, 1.82) is 0 Å². The molecule has 2 aromatic carbocycles. The summed E-state index contributed by atoms with van der Waals surface area (Å²) in [4.78, 5) is 14.9. The van der Waals surface area contributed by atoms with E-state index < -0.39 is 0 Å². The van der Waals surface area contributed by atoms with Gasteiger partial charge in [-0.15, -0.1) is 12.4 Å². The van der Waals surface area contributed by atoms with Gasteiger partial charge in [0.2, 0.25) is 0 Å². The predicted molar refractivity (Wildman–Crippen MR) is 131 cm³/mol. The van der Waals surface area contributed by atoms with E-state index in [1.165, 1.54) is 5.57 Å². The van der Waals surface area contributed by atoms with Gasteiger partial charge in [-0.1, -0.05) is 24.3 Å². The van der Waals surface area contributed by atoms with Gasteiger partial charge in [0, 0.05) is 29.0 Å². The number of fused-ring (bicyclic) bond motifs is 2. The van der Waals surface area contributed by atoms with Gasteiger partial charge in [0.15, 0.2) is 5.82 Å².